The fraction of sp³-hybridized carbons (Fsp3) is 0.0714. The van der Waals surface area contributed by atoms with Crippen LogP contribution in [0.3, 0.4) is 0 Å². The molecule has 0 bridgehead atoms. The van der Waals surface area contributed by atoms with Gasteiger partial charge in [-0.25, -0.2) is 4.79 Å². The number of carboxylic acid groups (broad SMARTS) is 1. The maximum Gasteiger partial charge on any atom is 0.337 e. The van der Waals surface area contributed by atoms with Gasteiger partial charge in [-0.3, -0.25) is 0 Å². The lowest BCUT2D eigenvalue weighted by atomic mass is 10.1. The molecule has 0 saturated heterocycles. The molecule has 19 heavy (non-hydrogen) atoms. The van der Waals surface area contributed by atoms with Crippen LogP contribution in [0, 0.1) is 0 Å². The summed E-state index contributed by atoms with van der Waals surface area (Å²) in [5.74, 6) is -0.262. The van der Waals surface area contributed by atoms with E-state index in [2.05, 4.69) is 15.9 Å². The normalized spacial score (nSPS) is 11.4. The van der Waals surface area contributed by atoms with Crippen molar-refractivity contribution in [1.29, 1.82) is 0 Å². The van der Waals surface area contributed by atoms with Gasteiger partial charge in [0, 0.05) is 9.35 Å². The molecule has 0 atom stereocenters. The molecule has 0 amide bonds. The second-order valence-corrected chi connectivity index (χ2v) is 5.53. The van der Waals surface area contributed by atoms with Crippen LogP contribution in [0.1, 0.15) is 10.4 Å². The van der Waals surface area contributed by atoms with Gasteiger partial charge in [0.25, 0.3) is 0 Å². The van der Waals surface area contributed by atoms with Gasteiger partial charge in [0.1, 0.15) is 5.75 Å². The molecule has 1 N–H and O–H groups in total. The summed E-state index contributed by atoms with van der Waals surface area (Å²) >= 11 is 4.81. The Morgan fingerprint density at radius 1 is 1.42 bits per heavy atom. The molecule has 0 fully saturated rings. The van der Waals surface area contributed by atoms with Crippen LogP contribution in [0.15, 0.2) is 40.2 Å². The molecule has 2 aromatic rings. The summed E-state index contributed by atoms with van der Waals surface area (Å²) in [6.45, 7) is 0. The van der Waals surface area contributed by atoms with Gasteiger partial charge in [-0.2, -0.15) is 0 Å². The molecule has 3 nitrogen and oxygen atoms in total. The third-order valence-electron chi connectivity index (χ3n) is 2.52. The van der Waals surface area contributed by atoms with Gasteiger partial charge in [0.15, 0.2) is 0 Å². The van der Waals surface area contributed by atoms with Crippen molar-refractivity contribution in [3.05, 3.63) is 50.6 Å². The summed E-state index contributed by atoms with van der Waals surface area (Å²) in [6.07, 6.45) is 1.64. The smallest absolute Gasteiger partial charge is 0.337 e. The summed E-state index contributed by atoms with van der Waals surface area (Å²) in [6, 6.07) is 9.06. The van der Waals surface area contributed by atoms with Crippen molar-refractivity contribution < 1.29 is 14.6 Å². The van der Waals surface area contributed by atoms with Crippen LogP contribution in [0.25, 0.3) is 11.6 Å². The Morgan fingerprint density at radius 2 is 2.21 bits per heavy atom. The van der Waals surface area contributed by atoms with Gasteiger partial charge in [-0.15, -0.1) is 11.3 Å². The van der Waals surface area contributed by atoms with Crippen LogP contribution in [0.2, 0.25) is 0 Å². The predicted octanol–water partition coefficient (Wildman–Crippen LogP) is 4.14. The summed E-state index contributed by atoms with van der Waals surface area (Å²) in [7, 11) is 1.58. The number of hydrogen-bond donors (Lipinski definition) is 1. The Hall–Kier alpha value is -1.59. The molecular formula is C14H11BrO3S. The van der Waals surface area contributed by atoms with Gasteiger partial charge in [0.2, 0.25) is 0 Å². The molecule has 0 spiro atoms. The Bertz CT molecular complexity index is 618. The topological polar surface area (TPSA) is 46.5 Å². The van der Waals surface area contributed by atoms with E-state index in [-0.39, 0.29) is 5.57 Å². The molecule has 1 aromatic carbocycles. The number of carboxylic acids is 1. The lowest BCUT2D eigenvalue weighted by Crippen LogP contribution is -1.98. The van der Waals surface area contributed by atoms with Gasteiger partial charge in [-0.05, 0) is 41.3 Å². The first-order valence-corrected chi connectivity index (χ1v) is 7.11. The fourth-order valence-corrected chi connectivity index (χ4v) is 2.68. The molecule has 0 aliphatic rings. The number of methoxy groups -OCH3 is 1. The van der Waals surface area contributed by atoms with Crippen molar-refractivity contribution in [3.8, 4) is 5.75 Å². The third-order valence-corrected chi connectivity index (χ3v) is 4.15. The quantitative estimate of drug-likeness (QED) is 0.852. The van der Waals surface area contributed by atoms with Gasteiger partial charge in [0.05, 0.1) is 12.7 Å². The highest BCUT2D eigenvalue weighted by molar-refractivity contribution is 9.10. The minimum absolute atomic E-state index is 0.268. The highest BCUT2D eigenvalue weighted by Gasteiger charge is 2.12. The zero-order chi connectivity index (χ0) is 13.8. The van der Waals surface area contributed by atoms with Crippen LogP contribution >= 0.6 is 27.3 Å². The summed E-state index contributed by atoms with van der Waals surface area (Å²) in [5.41, 5.74) is 1.04. The van der Waals surface area contributed by atoms with Crippen LogP contribution in [0.5, 0.6) is 5.75 Å². The van der Waals surface area contributed by atoms with E-state index in [1.54, 1.807) is 25.3 Å². The average molecular weight is 339 g/mol. The second kappa shape index (κ2) is 6.04. The molecule has 2 rings (SSSR count). The number of carbonyl (C=O) groups is 1. The molecular weight excluding hydrogens is 328 g/mol. The fourth-order valence-electron chi connectivity index (χ4n) is 1.58. The van der Waals surface area contributed by atoms with Crippen molar-refractivity contribution in [2.24, 2.45) is 0 Å². The van der Waals surface area contributed by atoms with Crippen molar-refractivity contribution >= 4 is 44.9 Å². The van der Waals surface area contributed by atoms with Gasteiger partial charge >= 0.3 is 5.97 Å². The minimum Gasteiger partial charge on any atom is -0.497 e. The lowest BCUT2D eigenvalue weighted by Gasteiger charge is -2.05. The van der Waals surface area contributed by atoms with Gasteiger partial charge in [-0.1, -0.05) is 22.0 Å². The van der Waals surface area contributed by atoms with E-state index in [1.807, 2.05) is 23.6 Å². The molecule has 1 aromatic heterocycles. The first-order valence-electron chi connectivity index (χ1n) is 5.44. The van der Waals surface area contributed by atoms with Crippen molar-refractivity contribution in [1.82, 2.24) is 0 Å². The molecule has 0 unspecified atom stereocenters. The van der Waals surface area contributed by atoms with E-state index >= 15 is 0 Å². The Kier molecular flexibility index (Phi) is 4.39. The first kappa shape index (κ1) is 13.8. The summed E-state index contributed by atoms with van der Waals surface area (Å²) in [5, 5.41) is 11.2. The molecule has 0 saturated carbocycles. The number of ether oxygens (including phenoxy) is 1. The molecule has 1 heterocycles. The summed E-state index contributed by atoms with van der Waals surface area (Å²) < 4.78 is 5.97. The predicted molar refractivity (Wildman–Crippen MR) is 80.5 cm³/mol. The monoisotopic (exact) mass is 338 g/mol. The highest BCUT2D eigenvalue weighted by atomic mass is 79.9. The number of halogens is 1. The Balaban J connectivity index is 2.50. The van der Waals surface area contributed by atoms with Crippen LogP contribution in [0.4, 0.5) is 0 Å². The number of aliphatic carboxylic acids is 1. The third kappa shape index (κ3) is 3.24. The largest absolute Gasteiger partial charge is 0.497 e. The number of benzene rings is 1. The number of thiophene rings is 1. The first-order chi connectivity index (χ1) is 9.11. The number of hydrogen-bond acceptors (Lipinski definition) is 3. The van der Waals surface area contributed by atoms with Crippen LogP contribution < -0.4 is 4.74 Å². The zero-order valence-electron chi connectivity index (χ0n) is 10.1. The Morgan fingerprint density at radius 3 is 2.79 bits per heavy atom. The average Bonchev–Trinajstić information content (AvgIpc) is 2.91. The van der Waals surface area contributed by atoms with Crippen LogP contribution in [-0.4, -0.2) is 18.2 Å². The van der Waals surface area contributed by atoms with Gasteiger partial charge < -0.3 is 9.84 Å². The SMILES string of the molecule is COc1ccc(Br)c(/C=C(/C(=O)O)c2cccs2)c1. The minimum atomic E-state index is -0.947. The van der Waals surface area contributed by atoms with Crippen molar-refractivity contribution in [3.63, 3.8) is 0 Å². The zero-order valence-corrected chi connectivity index (χ0v) is 12.5. The van der Waals surface area contributed by atoms with Crippen LogP contribution in [-0.2, 0) is 4.79 Å². The van der Waals surface area contributed by atoms with Crippen molar-refractivity contribution in [2.75, 3.05) is 7.11 Å². The van der Waals surface area contributed by atoms with Crippen molar-refractivity contribution in [2.45, 2.75) is 0 Å². The maximum absolute atomic E-state index is 11.4. The highest BCUT2D eigenvalue weighted by Crippen LogP contribution is 2.28. The standard InChI is InChI=1S/C14H11BrO3S/c1-18-10-4-5-12(15)9(7-10)8-11(14(16)17)13-3-2-6-19-13/h2-8H,1H3,(H,16,17)/b11-8+. The molecule has 0 aliphatic heterocycles. The van der Waals surface area contributed by atoms with E-state index in [4.69, 9.17) is 4.74 Å². The van der Waals surface area contributed by atoms with E-state index in [0.29, 0.717) is 5.75 Å². The molecule has 0 aliphatic carbocycles. The lowest BCUT2D eigenvalue weighted by molar-refractivity contribution is -0.130. The van der Waals surface area contributed by atoms with E-state index < -0.39 is 5.97 Å². The maximum atomic E-state index is 11.4. The second-order valence-electron chi connectivity index (χ2n) is 3.73. The van der Waals surface area contributed by atoms with E-state index in [0.717, 1.165) is 14.9 Å². The number of rotatable bonds is 4. The molecule has 98 valence electrons. The summed E-state index contributed by atoms with van der Waals surface area (Å²) in [4.78, 5) is 12.1. The van der Waals surface area contributed by atoms with E-state index in [1.165, 1.54) is 11.3 Å². The molecule has 5 heteroatoms. The Labute approximate surface area is 123 Å². The van der Waals surface area contributed by atoms with E-state index in [9.17, 15) is 9.90 Å². The molecule has 0 radical (unpaired) electrons.